The van der Waals surface area contributed by atoms with Crippen molar-refractivity contribution in [3.05, 3.63) is 34.0 Å². The summed E-state index contributed by atoms with van der Waals surface area (Å²) in [7, 11) is 0. The van der Waals surface area contributed by atoms with Crippen LogP contribution >= 0.6 is 0 Å². The van der Waals surface area contributed by atoms with Crippen molar-refractivity contribution in [2.24, 2.45) is 0 Å². The van der Waals surface area contributed by atoms with E-state index in [4.69, 9.17) is 5.11 Å². The Morgan fingerprint density at radius 2 is 2.35 bits per heavy atom. The van der Waals surface area contributed by atoms with Crippen LogP contribution in [-0.2, 0) is 6.42 Å². The molecular formula is C12H16N2O3. The Hall–Kier alpha value is -1.46. The molecule has 0 fully saturated rings. The van der Waals surface area contributed by atoms with Gasteiger partial charge in [0.2, 0.25) is 0 Å². The zero-order valence-electron chi connectivity index (χ0n) is 9.52. The second kappa shape index (κ2) is 5.25. The minimum atomic E-state index is -0.649. The minimum absolute atomic E-state index is 0.0726. The second-order valence-corrected chi connectivity index (χ2v) is 4.22. The summed E-state index contributed by atoms with van der Waals surface area (Å²) in [5.74, 6) is 0. The van der Waals surface area contributed by atoms with Crippen LogP contribution in [0.25, 0.3) is 5.57 Å². The van der Waals surface area contributed by atoms with E-state index in [1.807, 2.05) is 6.08 Å². The standard InChI is InChI=1S/C12H16N2O3/c15-6-9(16)3-1-2-8-4-5-10-11(8)13-7-14-12(10)17/h4,7,9,15-16H,1-3,5-6H2,(H,13,14,17)/t9-/m0/s1. The average molecular weight is 236 g/mol. The van der Waals surface area contributed by atoms with Gasteiger partial charge < -0.3 is 15.2 Å². The Morgan fingerprint density at radius 3 is 3.12 bits per heavy atom. The van der Waals surface area contributed by atoms with Gasteiger partial charge in [-0.25, -0.2) is 4.98 Å². The van der Waals surface area contributed by atoms with Gasteiger partial charge >= 0.3 is 0 Å². The molecule has 1 heterocycles. The van der Waals surface area contributed by atoms with Crippen LogP contribution in [0.15, 0.2) is 17.2 Å². The van der Waals surface area contributed by atoms with Crippen molar-refractivity contribution in [3.8, 4) is 0 Å². The van der Waals surface area contributed by atoms with Crippen molar-refractivity contribution >= 4 is 5.57 Å². The van der Waals surface area contributed by atoms with Gasteiger partial charge in [0.15, 0.2) is 0 Å². The number of nitrogens with zero attached hydrogens (tertiary/aromatic N) is 1. The number of H-pyrrole nitrogens is 1. The normalized spacial score (nSPS) is 15.5. The number of aliphatic hydroxyl groups is 2. The van der Waals surface area contributed by atoms with Gasteiger partial charge in [0.25, 0.3) is 5.56 Å². The predicted octanol–water partition coefficient (Wildman–Crippen LogP) is 0.233. The fourth-order valence-electron chi connectivity index (χ4n) is 2.06. The second-order valence-electron chi connectivity index (χ2n) is 4.22. The maximum atomic E-state index is 11.5. The number of fused-ring (bicyclic) bond motifs is 1. The topological polar surface area (TPSA) is 86.2 Å². The average Bonchev–Trinajstić information content (AvgIpc) is 2.74. The Kier molecular flexibility index (Phi) is 3.71. The quantitative estimate of drug-likeness (QED) is 0.683. The van der Waals surface area contributed by atoms with Crippen molar-refractivity contribution in [2.45, 2.75) is 31.8 Å². The van der Waals surface area contributed by atoms with Gasteiger partial charge in [-0.05, 0) is 31.3 Å². The van der Waals surface area contributed by atoms with E-state index in [2.05, 4.69) is 9.97 Å². The zero-order valence-corrected chi connectivity index (χ0v) is 9.52. The molecule has 0 amide bonds. The van der Waals surface area contributed by atoms with E-state index in [1.165, 1.54) is 6.33 Å². The molecule has 1 aliphatic carbocycles. The van der Waals surface area contributed by atoms with Crippen LogP contribution in [0.1, 0.15) is 30.5 Å². The van der Waals surface area contributed by atoms with Crippen LogP contribution in [-0.4, -0.2) is 32.9 Å². The summed E-state index contributed by atoms with van der Waals surface area (Å²) >= 11 is 0. The van der Waals surface area contributed by atoms with Gasteiger partial charge in [-0.3, -0.25) is 4.79 Å². The highest BCUT2D eigenvalue weighted by molar-refractivity contribution is 5.69. The first-order chi connectivity index (χ1) is 8.22. The van der Waals surface area contributed by atoms with E-state index in [9.17, 15) is 9.90 Å². The third-order valence-electron chi connectivity index (χ3n) is 3.00. The molecule has 0 saturated heterocycles. The Labute approximate surface area is 98.8 Å². The van der Waals surface area contributed by atoms with Gasteiger partial charge in [-0.15, -0.1) is 0 Å². The van der Waals surface area contributed by atoms with E-state index in [1.54, 1.807) is 0 Å². The fraction of sp³-hybridized carbons (Fsp3) is 0.500. The van der Waals surface area contributed by atoms with Gasteiger partial charge in [-0.1, -0.05) is 6.08 Å². The third kappa shape index (κ3) is 2.62. The van der Waals surface area contributed by atoms with Crippen molar-refractivity contribution in [3.63, 3.8) is 0 Å². The number of rotatable bonds is 5. The number of hydrogen-bond acceptors (Lipinski definition) is 4. The molecule has 0 radical (unpaired) electrons. The molecule has 2 rings (SSSR count). The summed E-state index contributed by atoms with van der Waals surface area (Å²) in [6, 6.07) is 0. The molecule has 1 aromatic heterocycles. The number of nitrogens with one attached hydrogen (secondary N) is 1. The SMILES string of the molecule is O=c1[nH]cnc2c1CC=C2CCC[C@H](O)CO. The first kappa shape index (κ1) is 12.0. The lowest BCUT2D eigenvalue weighted by Gasteiger charge is -2.07. The molecule has 1 atom stereocenters. The monoisotopic (exact) mass is 236 g/mol. The van der Waals surface area contributed by atoms with E-state index in [-0.39, 0.29) is 12.2 Å². The highest BCUT2D eigenvalue weighted by atomic mass is 16.3. The summed E-state index contributed by atoms with van der Waals surface area (Å²) in [6.07, 6.45) is 5.54. The highest BCUT2D eigenvalue weighted by Gasteiger charge is 2.18. The summed E-state index contributed by atoms with van der Waals surface area (Å²) < 4.78 is 0. The van der Waals surface area contributed by atoms with Gasteiger partial charge in [0.1, 0.15) is 0 Å². The van der Waals surface area contributed by atoms with Crippen molar-refractivity contribution < 1.29 is 10.2 Å². The number of aromatic amines is 1. The van der Waals surface area contributed by atoms with Crippen LogP contribution in [0.4, 0.5) is 0 Å². The molecule has 0 bridgehead atoms. The Bertz CT molecular complexity index is 479. The first-order valence-electron chi connectivity index (χ1n) is 5.77. The van der Waals surface area contributed by atoms with Crippen molar-refractivity contribution in [1.29, 1.82) is 0 Å². The summed E-state index contributed by atoms with van der Waals surface area (Å²) in [5, 5.41) is 17.9. The summed E-state index contributed by atoms with van der Waals surface area (Å²) in [5.41, 5.74) is 2.50. The molecule has 0 aromatic carbocycles. The summed E-state index contributed by atoms with van der Waals surface area (Å²) in [6.45, 7) is -0.201. The predicted molar refractivity (Wildman–Crippen MR) is 63.5 cm³/mol. The zero-order chi connectivity index (χ0) is 12.3. The highest BCUT2D eigenvalue weighted by Crippen LogP contribution is 2.26. The van der Waals surface area contributed by atoms with Crippen LogP contribution in [0.3, 0.4) is 0 Å². The molecule has 0 spiro atoms. The molecule has 17 heavy (non-hydrogen) atoms. The molecular weight excluding hydrogens is 220 g/mol. The van der Waals surface area contributed by atoms with Crippen LogP contribution < -0.4 is 5.56 Å². The molecule has 0 unspecified atom stereocenters. The summed E-state index contributed by atoms with van der Waals surface area (Å²) in [4.78, 5) is 18.2. The van der Waals surface area contributed by atoms with Gasteiger partial charge in [0, 0.05) is 5.56 Å². The maximum Gasteiger partial charge on any atom is 0.254 e. The number of hydrogen-bond donors (Lipinski definition) is 3. The van der Waals surface area contributed by atoms with Gasteiger partial charge in [-0.2, -0.15) is 0 Å². The Morgan fingerprint density at radius 1 is 1.53 bits per heavy atom. The Balaban J connectivity index is 1.98. The lowest BCUT2D eigenvalue weighted by molar-refractivity contribution is 0.0870. The lowest BCUT2D eigenvalue weighted by atomic mass is 10.1. The van der Waals surface area contributed by atoms with Crippen LogP contribution in [0, 0.1) is 0 Å². The number of aliphatic hydroxyl groups excluding tert-OH is 2. The van der Waals surface area contributed by atoms with E-state index in [0.29, 0.717) is 12.8 Å². The van der Waals surface area contributed by atoms with Crippen LogP contribution in [0.5, 0.6) is 0 Å². The first-order valence-corrected chi connectivity index (χ1v) is 5.77. The molecule has 5 heteroatoms. The molecule has 0 saturated carbocycles. The molecule has 1 aliphatic rings. The molecule has 0 aliphatic heterocycles. The lowest BCUT2D eigenvalue weighted by Crippen LogP contribution is -2.13. The van der Waals surface area contributed by atoms with E-state index in [0.717, 1.165) is 29.7 Å². The van der Waals surface area contributed by atoms with E-state index >= 15 is 0 Å². The van der Waals surface area contributed by atoms with E-state index < -0.39 is 6.10 Å². The fourth-order valence-corrected chi connectivity index (χ4v) is 2.06. The van der Waals surface area contributed by atoms with Crippen molar-refractivity contribution in [2.75, 3.05) is 6.61 Å². The number of aromatic nitrogens is 2. The van der Waals surface area contributed by atoms with Crippen LogP contribution in [0.2, 0.25) is 0 Å². The smallest absolute Gasteiger partial charge is 0.254 e. The maximum absolute atomic E-state index is 11.5. The third-order valence-corrected chi connectivity index (χ3v) is 3.00. The molecule has 5 nitrogen and oxygen atoms in total. The molecule has 1 aromatic rings. The van der Waals surface area contributed by atoms with Gasteiger partial charge in [0.05, 0.1) is 24.7 Å². The minimum Gasteiger partial charge on any atom is -0.394 e. The molecule has 92 valence electrons. The largest absolute Gasteiger partial charge is 0.394 e. The van der Waals surface area contributed by atoms with Crippen molar-refractivity contribution in [1.82, 2.24) is 9.97 Å². The number of allylic oxidation sites excluding steroid dienone is 2. The molecule has 3 N–H and O–H groups in total.